The average Bonchev–Trinajstić information content (AvgIpc) is 2.52. The smallest absolute Gasteiger partial charge is 0.0443 e. The van der Waals surface area contributed by atoms with Crippen LogP contribution in [0.2, 0.25) is 0 Å². The van der Waals surface area contributed by atoms with Crippen LogP contribution in [0.4, 0.5) is 0 Å². The summed E-state index contributed by atoms with van der Waals surface area (Å²) in [6.07, 6.45) is 23.2. The first-order valence-corrected chi connectivity index (χ1v) is 10.7. The predicted molar refractivity (Wildman–Crippen MR) is 104 cm³/mol. The molecule has 0 unspecified atom stereocenters. The van der Waals surface area contributed by atoms with Crippen molar-refractivity contribution in [3.63, 3.8) is 0 Å². The van der Waals surface area contributed by atoms with Gasteiger partial charge in [0.25, 0.3) is 0 Å². The third-order valence-electron chi connectivity index (χ3n) is 5.25. The summed E-state index contributed by atoms with van der Waals surface area (Å²) in [4.78, 5) is 0. The van der Waals surface area contributed by atoms with E-state index in [-0.39, 0.29) is 0 Å². The minimum Gasteiger partial charge on any atom is -0.0654 e. The predicted octanol–water partition coefficient (Wildman–Crippen LogP) is 8.54. The molecule has 0 fully saturated rings. The lowest BCUT2D eigenvalue weighted by molar-refractivity contribution is 0.377. The minimum atomic E-state index is 0.957. The van der Waals surface area contributed by atoms with Gasteiger partial charge in [0.1, 0.15) is 0 Å². The molecular formula is C22H46. The molecule has 0 aromatic heterocycles. The highest BCUT2D eigenvalue weighted by molar-refractivity contribution is 4.60. The van der Waals surface area contributed by atoms with Crippen LogP contribution in [0.15, 0.2) is 0 Å². The molecule has 0 heteroatoms. The molecule has 0 aliphatic heterocycles. The molecule has 0 nitrogen and oxygen atoms in total. The topological polar surface area (TPSA) is 0 Å². The van der Waals surface area contributed by atoms with Gasteiger partial charge in [0.05, 0.1) is 0 Å². The Kier molecular flexibility index (Phi) is 17.4. The molecule has 0 aromatic rings. The van der Waals surface area contributed by atoms with E-state index in [0.717, 1.165) is 11.8 Å². The van der Waals surface area contributed by atoms with Crippen LogP contribution in [0, 0.1) is 11.8 Å². The van der Waals surface area contributed by atoms with Gasteiger partial charge >= 0.3 is 0 Å². The second kappa shape index (κ2) is 17.4. The van der Waals surface area contributed by atoms with Gasteiger partial charge in [0.2, 0.25) is 0 Å². The molecule has 0 bridgehead atoms. The van der Waals surface area contributed by atoms with Gasteiger partial charge in [0.15, 0.2) is 0 Å². The summed E-state index contributed by atoms with van der Waals surface area (Å²) < 4.78 is 0. The Hall–Kier alpha value is 0. The third kappa shape index (κ3) is 16.4. The second-order valence-corrected chi connectivity index (χ2v) is 7.90. The first kappa shape index (κ1) is 22.0. The normalized spacial score (nSPS) is 14.2. The molecule has 0 saturated carbocycles. The van der Waals surface area contributed by atoms with Crippen molar-refractivity contribution in [3.8, 4) is 0 Å². The van der Waals surface area contributed by atoms with E-state index in [0.29, 0.717) is 0 Å². The number of hydrogen-bond acceptors (Lipinski definition) is 0. The summed E-state index contributed by atoms with van der Waals surface area (Å²) in [5, 5.41) is 0. The Labute approximate surface area is 142 Å². The maximum absolute atomic E-state index is 2.48. The largest absolute Gasteiger partial charge is 0.0654 e. The molecule has 22 heavy (non-hydrogen) atoms. The fraction of sp³-hybridized carbons (Fsp3) is 1.00. The van der Waals surface area contributed by atoms with Gasteiger partial charge in [0, 0.05) is 0 Å². The number of rotatable bonds is 17. The summed E-state index contributed by atoms with van der Waals surface area (Å²) >= 11 is 0. The molecule has 0 amide bonds. The van der Waals surface area contributed by atoms with E-state index in [1.807, 2.05) is 0 Å². The van der Waals surface area contributed by atoms with E-state index in [2.05, 4.69) is 27.7 Å². The van der Waals surface area contributed by atoms with E-state index >= 15 is 0 Å². The molecule has 134 valence electrons. The first-order valence-electron chi connectivity index (χ1n) is 10.7. The van der Waals surface area contributed by atoms with E-state index in [4.69, 9.17) is 0 Å². The fourth-order valence-corrected chi connectivity index (χ4v) is 3.40. The lowest BCUT2D eigenvalue weighted by atomic mass is 9.91. The van der Waals surface area contributed by atoms with Gasteiger partial charge in [-0.25, -0.2) is 0 Å². The maximum Gasteiger partial charge on any atom is -0.0443 e. The van der Waals surface area contributed by atoms with Gasteiger partial charge in [-0.1, -0.05) is 130 Å². The molecule has 0 aliphatic rings. The number of unbranched alkanes of at least 4 members (excludes halogenated alkanes) is 10. The van der Waals surface area contributed by atoms with Crippen LogP contribution < -0.4 is 0 Å². The summed E-state index contributed by atoms with van der Waals surface area (Å²) in [6.45, 7) is 9.55. The van der Waals surface area contributed by atoms with Crippen LogP contribution >= 0.6 is 0 Å². The van der Waals surface area contributed by atoms with Crippen LogP contribution in [0.25, 0.3) is 0 Å². The maximum atomic E-state index is 2.48. The summed E-state index contributed by atoms with van der Waals surface area (Å²) in [7, 11) is 0. The lowest BCUT2D eigenvalue weighted by Crippen LogP contribution is -2.01. The highest BCUT2D eigenvalue weighted by atomic mass is 14.1. The van der Waals surface area contributed by atoms with Gasteiger partial charge in [-0.05, 0) is 11.8 Å². The zero-order valence-corrected chi connectivity index (χ0v) is 16.5. The summed E-state index contributed by atoms with van der Waals surface area (Å²) in [6, 6.07) is 0. The average molecular weight is 311 g/mol. The van der Waals surface area contributed by atoms with E-state index in [1.54, 1.807) is 0 Å². The van der Waals surface area contributed by atoms with Crippen molar-refractivity contribution in [1.82, 2.24) is 0 Å². The molecule has 0 aromatic carbocycles. The molecule has 0 spiro atoms. The van der Waals surface area contributed by atoms with Crippen LogP contribution in [-0.4, -0.2) is 0 Å². The van der Waals surface area contributed by atoms with Gasteiger partial charge in [-0.3, -0.25) is 0 Å². The van der Waals surface area contributed by atoms with Crippen LogP contribution in [-0.2, 0) is 0 Å². The Bertz CT molecular complexity index is 174. The molecule has 0 N–H and O–H groups in total. The summed E-state index contributed by atoms with van der Waals surface area (Å²) in [5.74, 6) is 1.91. The molecular weight excluding hydrogens is 264 g/mol. The van der Waals surface area contributed by atoms with Crippen molar-refractivity contribution < 1.29 is 0 Å². The third-order valence-corrected chi connectivity index (χ3v) is 5.25. The molecule has 2 atom stereocenters. The molecule has 0 rings (SSSR count). The molecule has 0 heterocycles. The van der Waals surface area contributed by atoms with Crippen LogP contribution in [0.1, 0.15) is 130 Å². The van der Waals surface area contributed by atoms with E-state index < -0.39 is 0 Å². The Morgan fingerprint density at radius 3 is 1.09 bits per heavy atom. The molecule has 0 saturated heterocycles. The van der Waals surface area contributed by atoms with Crippen molar-refractivity contribution in [2.75, 3.05) is 0 Å². The standard InChI is InChI=1S/C22H46/c1-5-7-9-11-13-15-17-21(3)19-20-22(4)18-16-14-12-10-8-6-2/h21-22H,5-20H2,1-4H3/t21-,22-/m0/s1. The zero-order valence-electron chi connectivity index (χ0n) is 16.5. The zero-order chi connectivity index (χ0) is 16.5. The highest BCUT2D eigenvalue weighted by Gasteiger charge is 2.07. The monoisotopic (exact) mass is 310 g/mol. The van der Waals surface area contributed by atoms with Crippen molar-refractivity contribution in [3.05, 3.63) is 0 Å². The highest BCUT2D eigenvalue weighted by Crippen LogP contribution is 2.22. The van der Waals surface area contributed by atoms with Crippen molar-refractivity contribution in [2.45, 2.75) is 130 Å². The van der Waals surface area contributed by atoms with Gasteiger partial charge in [-0.2, -0.15) is 0 Å². The quantitative estimate of drug-likeness (QED) is 0.236. The van der Waals surface area contributed by atoms with Crippen LogP contribution in [0.3, 0.4) is 0 Å². The van der Waals surface area contributed by atoms with E-state index in [1.165, 1.54) is 103 Å². The number of hydrogen-bond donors (Lipinski definition) is 0. The van der Waals surface area contributed by atoms with Crippen molar-refractivity contribution >= 4 is 0 Å². The molecule has 0 aliphatic carbocycles. The Balaban J connectivity index is 3.31. The summed E-state index contributed by atoms with van der Waals surface area (Å²) in [5.41, 5.74) is 0. The van der Waals surface area contributed by atoms with E-state index in [9.17, 15) is 0 Å². The van der Waals surface area contributed by atoms with Gasteiger partial charge < -0.3 is 0 Å². The Morgan fingerprint density at radius 2 is 0.727 bits per heavy atom. The molecule has 0 radical (unpaired) electrons. The SMILES string of the molecule is CCCCCCCC[C@H](C)CC[C@@H](C)CCCCCCCC. The lowest BCUT2D eigenvalue weighted by Gasteiger charge is -2.15. The van der Waals surface area contributed by atoms with Crippen LogP contribution in [0.5, 0.6) is 0 Å². The van der Waals surface area contributed by atoms with Crippen molar-refractivity contribution in [1.29, 1.82) is 0 Å². The minimum absolute atomic E-state index is 0.957. The first-order chi connectivity index (χ1) is 10.7. The van der Waals surface area contributed by atoms with Crippen molar-refractivity contribution in [2.24, 2.45) is 11.8 Å². The van der Waals surface area contributed by atoms with Gasteiger partial charge in [-0.15, -0.1) is 0 Å². The Morgan fingerprint density at radius 1 is 0.409 bits per heavy atom. The fourth-order valence-electron chi connectivity index (χ4n) is 3.40. The second-order valence-electron chi connectivity index (χ2n) is 7.90.